The maximum Gasteiger partial charge on any atom is 0.340 e. The zero-order valence-corrected chi connectivity index (χ0v) is 10.5. The van der Waals surface area contributed by atoms with E-state index in [-0.39, 0.29) is 0 Å². The molecule has 92 valence electrons. The number of nitrogen functional groups attached to an aromatic ring is 1. The molecule has 0 aliphatic heterocycles. The van der Waals surface area contributed by atoms with Crippen molar-refractivity contribution in [3.63, 3.8) is 0 Å². The van der Waals surface area contributed by atoms with Gasteiger partial charge in [-0.25, -0.2) is 14.8 Å². The lowest BCUT2D eigenvalue weighted by molar-refractivity contribution is 0.0601. The summed E-state index contributed by atoms with van der Waals surface area (Å²) in [4.78, 5) is 19.8. The molecule has 0 atom stereocenters. The molecular formula is C12H11N3O2S. The van der Waals surface area contributed by atoms with Crippen molar-refractivity contribution in [2.24, 2.45) is 0 Å². The number of ether oxygens (including phenoxy) is 1. The summed E-state index contributed by atoms with van der Waals surface area (Å²) in [6.07, 6.45) is 3.14. The third-order valence-corrected chi connectivity index (χ3v) is 3.04. The van der Waals surface area contributed by atoms with Crippen LogP contribution in [0, 0.1) is 0 Å². The summed E-state index contributed by atoms with van der Waals surface area (Å²) in [5, 5.41) is 1.44. The van der Waals surface area contributed by atoms with Gasteiger partial charge in [-0.15, -0.1) is 0 Å². The number of esters is 1. The summed E-state index contributed by atoms with van der Waals surface area (Å²) in [5.41, 5.74) is 6.28. The zero-order chi connectivity index (χ0) is 13.0. The van der Waals surface area contributed by atoms with Crippen LogP contribution in [0.3, 0.4) is 0 Å². The summed E-state index contributed by atoms with van der Waals surface area (Å²) in [6.45, 7) is 0. The highest BCUT2D eigenvalue weighted by molar-refractivity contribution is 7.99. The lowest BCUT2D eigenvalue weighted by Crippen LogP contribution is -2.06. The highest BCUT2D eigenvalue weighted by Crippen LogP contribution is 2.26. The Labute approximate surface area is 108 Å². The van der Waals surface area contributed by atoms with Gasteiger partial charge >= 0.3 is 5.97 Å². The first kappa shape index (κ1) is 12.4. The molecule has 2 aromatic heterocycles. The van der Waals surface area contributed by atoms with Gasteiger partial charge in [-0.2, -0.15) is 0 Å². The van der Waals surface area contributed by atoms with E-state index < -0.39 is 5.97 Å². The highest BCUT2D eigenvalue weighted by Gasteiger charge is 2.12. The molecule has 0 spiro atoms. The average Bonchev–Trinajstić information content (AvgIpc) is 2.41. The van der Waals surface area contributed by atoms with Gasteiger partial charge in [0.05, 0.1) is 24.6 Å². The minimum atomic E-state index is -0.474. The standard InChI is InChI=1S/C12H11N3O2S/c1-17-12(16)8-6-11(15-7-9(8)13)18-10-4-2-3-5-14-10/h2-7H,13H2,1H3. The molecular weight excluding hydrogens is 250 g/mol. The first-order valence-electron chi connectivity index (χ1n) is 5.13. The maximum atomic E-state index is 11.5. The number of methoxy groups -OCH3 is 1. The van der Waals surface area contributed by atoms with Crippen molar-refractivity contribution in [1.29, 1.82) is 0 Å². The number of rotatable bonds is 3. The molecule has 2 aromatic rings. The van der Waals surface area contributed by atoms with E-state index in [1.54, 1.807) is 12.3 Å². The molecule has 0 unspecified atom stereocenters. The molecule has 18 heavy (non-hydrogen) atoms. The Morgan fingerprint density at radius 3 is 2.83 bits per heavy atom. The summed E-state index contributed by atoms with van der Waals surface area (Å²) in [5.74, 6) is -0.474. The van der Waals surface area contributed by atoms with Gasteiger partial charge in [-0.05, 0) is 18.2 Å². The van der Waals surface area contributed by atoms with Crippen molar-refractivity contribution in [3.05, 3.63) is 42.2 Å². The second-order valence-electron chi connectivity index (χ2n) is 3.37. The number of aromatic nitrogens is 2. The molecule has 2 N–H and O–H groups in total. The number of anilines is 1. The lowest BCUT2D eigenvalue weighted by Gasteiger charge is -2.05. The summed E-state index contributed by atoms with van der Waals surface area (Å²) >= 11 is 1.35. The van der Waals surface area contributed by atoms with Crippen LogP contribution in [0.15, 0.2) is 46.7 Å². The quantitative estimate of drug-likeness (QED) is 0.851. The number of carbonyl (C=O) groups excluding carboxylic acids is 1. The normalized spacial score (nSPS) is 10.1. The topological polar surface area (TPSA) is 78.1 Å². The monoisotopic (exact) mass is 261 g/mol. The van der Waals surface area contributed by atoms with Gasteiger partial charge in [0.15, 0.2) is 0 Å². The molecule has 0 aliphatic carbocycles. The van der Waals surface area contributed by atoms with Crippen LogP contribution in [0.25, 0.3) is 0 Å². The van der Waals surface area contributed by atoms with E-state index in [2.05, 4.69) is 14.7 Å². The largest absolute Gasteiger partial charge is 0.465 e. The molecule has 2 heterocycles. The number of hydrogen-bond donors (Lipinski definition) is 1. The third-order valence-electron chi connectivity index (χ3n) is 2.16. The second-order valence-corrected chi connectivity index (χ2v) is 4.41. The molecule has 0 bridgehead atoms. The third kappa shape index (κ3) is 2.78. The Bertz CT molecular complexity index is 561. The van der Waals surface area contributed by atoms with E-state index >= 15 is 0 Å². The van der Waals surface area contributed by atoms with E-state index in [4.69, 9.17) is 5.73 Å². The maximum absolute atomic E-state index is 11.5. The highest BCUT2D eigenvalue weighted by atomic mass is 32.2. The van der Waals surface area contributed by atoms with Gasteiger partial charge < -0.3 is 10.5 Å². The number of hydrogen-bond acceptors (Lipinski definition) is 6. The Hall–Kier alpha value is -2.08. The summed E-state index contributed by atoms with van der Waals surface area (Å²) in [6, 6.07) is 7.18. The van der Waals surface area contributed by atoms with Crippen LogP contribution in [0.1, 0.15) is 10.4 Å². The van der Waals surface area contributed by atoms with Crippen molar-refractivity contribution in [1.82, 2.24) is 9.97 Å². The van der Waals surface area contributed by atoms with Gasteiger partial charge in [-0.1, -0.05) is 17.8 Å². The van der Waals surface area contributed by atoms with Crippen LogP contribution < -0.4 is 5.73 Å². The Kier molecular flexibility index (Phi) is 3.78. The van der Waals surface area contributed by atoms with Gasteiger partial charge in [0.1, 0.15) is 10.1 Å². The molecule has 0 amide bonds. The second kappa shape index (κ2) is 5.50. The Morgan fingerprint density at radius 1 is 1.33 bits per heavy atom. The van der Waals surface area contributed by atoms with Crippen molar-refractivity contribution in [3.8, 4) is 0 Å². The lowest BCUT2D eigenvalue weighted by atomic mass is 10.2. The van der Waals surface area contributed by atoms with E-state index in [1.165, 1.54) is 25.1 Å². The summed E-state index contributed by atoms with van der Waals surface area (Å²) < 4.78 is 4.65. The van der Waals surface area contributed by atoms with Crippen molar-refractivity contribution < 1.29 is 9.53 Å². The van der Waals surface area contributed by atoms with Crippen LogP contribution in [0.4, 0.5) is 5.69 Å². The fourth-order valence-electron chi connectivity index (χ4n) is 1.30. The number of pyridine rings is 2. The van der Waals surface area contributed by atoms with Crippen molar-refractivity contribution in [2.75, 3.05) is 12.8 Å². The fourth-order valence-corrected chi connectivity index (χ4v) is 2.06. The molecule has 6 heteroatoms. The van der Waals surface area contributed by atoms with E-state index in [1.807, 2.05) is 18.2 Å². The van der Waals surface area contributed by atoms with Gasteiger partial charge in [0.25, 0.3) is 0 Å². The molecule has 0 fully saturated rings. The van der Waals surface area contributed by atoms with Crippen LogP contribution in [-0.2, 0) is 4.74 Å². The van der Waals surface area contributed by atoms with E-state index in [0.29, 0.717) is 16.3 Å². The number of nitrogens with two attached hydrogens (primary N) is 1. The molecule has 2 rings (SSSR count). The first-order valence-corrected chi connectivity index (χ1v) is 5.95. The molecule has 0 saturated heterocycles. The number of carbonyl (C=O) groups is 1. The van der Waals surface area contributed by atoms with E-state index in [0.717, 1.165) is 5.03 Å². The van der Waals surface area contributed by atoms with Crippen LogP contribution in [0.5, 0.6) is 0 Å². The average molecular weight is 261 g/mol. The van der Waals surface area contributed by atoms with Crippen molar-refractivity contribution >= 4 is 23.4 Å². The molecule has 0 saturated carbocycles. The molecule has 0 aromatic carbocycles. The smallest absolute Gasteiger partial charge is 0.340 e. The molecule has 0 aliphatic rings. The molecule has 5 nitrogen and oxygen atoms in total. The predicted molar refractivity (Wildman–Crippen MR) is 68.3 cm³/mol. The fraction of sp³-hybridized carbons (Fsp3) is 0.0833. The Balaban J connectivity index is 2.27. The van der Waals surface area contributed by atoms with E-state index in [9.17, 15) is 4.79 Å². The Morgan fingerprint density at radius 2 is 2.17 bits per heavy atom. The van der Waals surface area contributed by atoms with Gasteiger partial charge in [-0.3, -0.25) is 0 Å². The molecule has 0 radical (unpaired) electrons. The minimum Gasteiger partial charge on any atom is -0.465 e. The van der Waals surface area contributed by atoms with Crippen molar-refractivity contribution in [2.45, 2.75) is 10.1 Å². The zero-order valence-electron chi connectivity index (χ0n) is 9.66. The predicted octanol–water partition coefficient (Wildman–Crippen LogP) is 2.00. The number of nitrogens with zero attached hydrogens (tertiary/aromatic N) is 2. The minimum absolute atomic E-state index is 0.298. The SMILES string of the molecule is COC(=O)c1cc(Sc2ccccn2)ncc1N. The van der Waals surface area contributed by atoms with Gasteiger partial charge in [0, 0.05) is 6.20 Å². The first-order chi connectivity index (χ1) is 8.70. The van der Waals surface area contributed by atoms with Crippen LogP contribution in [0.2, 0.25) is 0 Å². The van der Waals surface area contributed by atoms with Crippen LogP contribution >= 0.6 is 11.8 Å². The van der Waals surface area contributed by atoms with Crippen LogP contribution in [-0.4, -0.2) is 23.0 Å². The van der Waals surface area contributed by atoms with Gasteiger partial charge in [0.2, 0.25) is 0 Å². The summed E-state index contributed by atoms with van der Waals surface area (Å²) in [7, 11) is 1.31.